The van der Waals surface area contributed by atoms with E-state index in [-0.39, 0.29) is 17.6 Å². The molecule has 1 aromatic heterocycles. The number of rotatable bonds is 4. The molecule has 0 radical (unpaired) electrons. The van der Waals surface area contributed by atoms with Crippen LogP contribution in [0.2, 0.25) is 0 Å². The van der Waals surface area contributed by atoms with E-state index in [9.17, 15) is 14.9 Å². The number of nitro benzene ring substituents is 1. The zero-order chi connectivity index (χ0) is 17.1. The number of carbonyl (C=O) groups excluding carboxylic acids is 1. The first-order chi connectivity index (χ1) is 11.5. The summed E-state index contributed by atoms with van der Waals surface area (Å²) in [6.07, 6.45) is 1.80. The Labute approximate surface area is 143 Å². The summed E-state index contributed by atoms with van der Waals surface area (Å²) in [5.74, 6) is -0.193. The van der Waals surface area contributed by atoms with Gasteiger partial charge in [-0.15, -0.1) is 11.3 Å². The normalized spacial score (nSPS) is 20.5. The molecule has 1 aliphatic heterocycles. The number of hydrogen-bond donors (Lipinski definition) is 2. The highest BCUT2D eigenvalue weighted by Gasteiger charge is 2.22. The summed E-state index contributed by atoms with van der Waals surface area (Å²) < 4.78 is 0. The van der Waals surface area contributed by atoms with E-state index in [1.54, 1.807) is 17.5 Å². The number of aromatic nitrogens is 1. The van der Waals surface area contributed by atoms with Crippen molar-refractivity contribution in [1.82, 2.24) is 15.6 Å². The van der Waals surface area contributed by atoms with Crippen molar-refractivity contribution in [3.63, 3.8) is 0 Å². The van der Waals surface area contributed by atoms with E-state index in [1.165, 1.54) is 23.5 Å². The van der Waals surface area contributed by atoms with E-state index in [0.29, 0.717) is 22.3 Å². The van der Waals surface area contributed by atoms with Crippen molar-refractivity contribution in [2.45, 2.75) is 31.8 Å². The number of non-ortho nitro benzene ring substituents is 1. The first-order valence-electron chi connectivity index (χ1n) is 7.77. The first-order valence-corrected chi connectivity index (χ1v) is 8.65. The van der Waals surface area contributed by atoms with Gasteiger partial charge in [-0.2, -0.15) is 0 Å². The van der Waals surface area contributed by atoms with Crippen LogP contribution in [0.5, 0.6) is 0 Å². The number of piperidine rings is 1. The molecule has 0 spiro atoms. The van der Waals surface area contributed by atoms with Crippen LogP contribution >= 0.6 is 11.3 Å². The number of amides is 1. The standard InChI is InChI=1S/C16H18N4O3S/c1-10-7-12(5-6-17-10)18-15(21)14-9-24-16(19-14)11-3-2-4-13(8-11)20(22)23/h2-4,8-10,12,17H,5-7H2,1H3,(H,18,21). The Morgan fingerprint density at radius 2 is 2.33 bits per heavy atom. The molecular weight excluding hydrogens is 328 g/mol. The molecule has 2 atom stereocenters. The molecule has 126 valence electrons. The minimum Gasteiger partial charge on any atom is -0.348 e. The molecule has 1 amide bonds. The monoisotopic (exact) mass is 346 g/mol. The van der Waals surface area contributed by atoms with Gasteiger partial charge in [-0.25, -0.2) is 4.98 Å². The number of benzene rings is 1. The lowest BCUT2D eigenvalue weighted by molar-refractivity contribution is -0.384. The van der Waals surface area contributed by atoms with E-state index in [1.807, 2.05) is 0 Å². The number of nitrogens with one attached hydrogen (secondary N) is 2. The van der Waals surface area contributed by atoms with Crippen LogP contribution in [0.25, 0.3) is 10.6 Å². The van der Waals surface area contributed by atoms with Gasteiger partial charge in [-0.05, 0) is 26.3 Å². The second-order valence-electron chi connectivity index (χ2n) is 5.90. The molecule has 2 N–H and O–H groups in total. The molecule has 1 saturated heterocycles. The van der Waals surface area contributed by atoms with Crippen LogP contribution in [-0.4, -0.2) is 34.4 Å². The van der Waals surface area contributed by atoms with Crippen molar-refractivity contribution in [2.24, 2.45) is 0 Å². The Balaban J connectivity index is 1.72. The van der Waals surface area contributed by atoms with Crippen LogP contribution in [0.1, 0.15) is 30.3 Å². The summed E-state index contributed by atoms with van der Waals surface area (Å²) in [6, 6.07) is 6.81. The van der Waals surface area contributed by atoms with Crippen LogP contribution < -0.4 is 10.6 Å². The Bertz CT molecular complexity index is 761. The maximum Gasteiger partial charge on any atom is 0.270 e. The predicted octanol–water partition coefficient (Wildman–Crippen LogP) is 2.59. The quantitative estimate of drug-likeness (QED) is 0.655. The highest BCUT2D eigenvalue weighted by Crippen LogP contribution is 2.27. The molecule has 2 aromatic rings. The Morgan fingerprint density at radius 3 is 3.08 bits per heavy atom. The van der Waals surface area contributed by atoms with Gasteiger partial charge in [0.25, 0.3) is 11.6 Å². The van der Waals surface area contributed by atoms with Gasteiger partial charge in [0.2, 0.25) is 0 Å². The van der Waals surface area contributed by atoms with Gasteiger partial charge in [-0.3, -0.25) is 14.9 Å². The fourth-order valence-corrected chi connectivity index (χ4v) is 3.58. The van der Waals surface area contributed by atoms with Crippen molar-refractivity contribution in [3.8, 4) is 10.6 Å². The van der Waals surface area contributed by atoms with Crippen LogP contribution in [0.15, 0.2) is 29.6 Å². The minimum atomic E-state index is -0.441. The highest BCUT2D eigenvalue weighted by atomic mass is 32.1. The predicted molar refractivity (Wildman–Crippen MR) is 92.2 cm³/mol. The molecule has 1 aliphatic rings. The average Bonchev–Trinajstić information content (AvgIpc) is 3.05. The third kappa shape index (κ3) is 3.77. The number of carbonyl (C=O) groups is 1. The van der Waals surface area contributed by atoms with Crippen molar-refractivity contribution >= 4 is 22.9 Å². The van der Waals surface area contributed by atoms with Gasteiger partial charge in [0.05, 0.1) is 4.92 Å². The summed E-state index contributed by atoms with van der Waals surface area (Å²) in [7, 11) is 0. The molecule has 2 unspecified atom stereocenters. The summed E-state index contributed by atoms with van der Waals surface area (Å²) >= 11 is 1.31. The van der Waals surface area contributed by atoms with Crippen molar-refractivity contribution in [3.05, 3.63) is 45.5 Å². The maximum atomic E-state index is 12.3. The summed E-state index contributed by atoms with van der Waals surface area (Å²) in [6.45, 7) is 2.99. The molecule has 7 nitrogen and oxygen atoms in total. The largest absolute Gasteiger partial charge is 0.348 e. The van der Waals surface area contributed by atoms with Gasteiger partial charge >= 0.3 is 0 Å². The molecular formula is C16H18N4O3S. The second kappa shape index (κ2) is 7.06. The van der Waals surface area contributed by atoms with Crippen LogP contribution in [0.4, 0.5) is 5.69 Å². The fourth-order valence-electron chi connectivity index (χ4n) is 2.79. The summed E-state index contributed by atoms with van der Waals surface area (Å²) in [4.78, 5) is 27.1. The zero-order valence-corrected chi connectivity index (χ0v) is 14.0. The number of nitrogens with zero attached hydrogens (tertiary/aromatic N) is 2. The minimum absolute atomic E-state index is 0.0115. The Morgan fingerprint density at radius 1 is 1.50 bits per heavy atom. The second-order valence-corrected chi connectivity index (χ2v) is 6.75. The Kier molecular flexibility index (Phi) is 4.86. The summed E-state index contributed by atoms with van der Waals surface area (Å²) in [5, 5.41) is 19.5. The molecule has 1 fully saturated rings. The van der Waals surface area contributed by atoms with Gasteiger partial charge in [-0.1, -0.05) is 12.1 Å². The van der Waals surface area contributed by atoms with E-state index in [4.69, 9.17) is 0 Å². The van der Waals surface area contributed by atoms with Crippen LogP contribution in [-0.2, 0) is 0 Å². The zero-order valence-electron chi connectivity index (χ0n) is 13.2. The molecule has 0 bridgehead atoms. The smallest absolute Gasteiger partial charge is 0.270 e. The first kappa shape index (κ1) is 16.5. The fraction of sp³-hybridized carbons (Fsp3) is 0.375. The van der Waals surface area contributed by atoms with Gasteiger partial charge in [0, 0.05) is 35.2 Å². The lowest BCUT2D eigenvalue weighted by Gasteiger charge is -2.28. The van der Waals surface area contributed by atoms with Gasteiger partial charge < -0.3 is 10.6 Å². The molecule has 1 aromatic carbocycles. The molecule has 8 heteroatoms. The SMILES string of the molecule is CC1CC(NC(=O)c2csc(-c3cccc([N+](=O)[O-])c3)n2)CCN1. The molecule has 3 rings (SSSR count). The molecule has 2 heterocycles. The molecule has 0 aliphatic carbocycles. The molecule has 24 heavy (non-hydrogen) atoms. The molecule has 0 saturated carbocycles. The third-order valence-corrected chi connectivity index (χ3v) is 4.89. The van der Waals surface area contributed by atoms with Crippen molar-refractivity contribution in [2.75, 3.05) is 6.54 Å². The van der Waals surface area contributed by atoms with E-state index < -0.39 is 4.92 Å². The van der Waals surface area contributed by atoms with Gasteiger partial charge in [0.1, 0.15) is 10.7 Å². The lowest BCUT2D eigenvalue weighted by Crippen LogP contribution is -2.46. The van der Waals surface area contributed by atoms with Crippen LogP contribution in [0.3, 0.4) is 0 Å². The van der Waals surface area contributed by atoms with Crippen LogP contribution in [0, 0.1) is 10.1 Å². The topological polar surface area (TPSA) is 97.2 Å². The summed E-state index contributed by atoms with van der Waals surface area (Å²) in [5.41, 5.74) is 1.01. The maximum absolute atomic E-state index is 12.3. The number of thiazole rings is 1. The van der Waals surface area contributed by atoms with Crippen molar-refractivity contribution < 1.29 is 9.72 Å². The van der Waals surface area contributed by atoms with Crippen molar-refractivity contribution in [1.29, 1.82) is 0 Å². The van der Waals surface area contributed by atoms with E-state index in [2.05, 4.69) is 22.5 Å². The highest BCUT2D eigenvalue weighted by molar-refractivity contribution is 7.13. The van der Waals surface area contributed by atoms with Gasteiger partial charge in [0.15, 0.2) is 0 Å². The number of hydrogen-bond acceptors (Lipinski definition) is 6. The Hall–Kier alpha value is -2.32. The van der Waals surface area contributed by atoms with E-state index >= 15 is 0 Å². The average molecular weight is 346 g/mol. The third-order valence-electron chi connectivity index (χ3n) is 4.00. The van der Waals surface area contributed by atoms with E-state index in [0.717, 1.165) is 19.4 Å². The number of nitro groups is 1. The lowest BCUT2D eigenvalue weighted by atomic mass is 10.0.